The van der Waals surface area contributed by atoms with Crippen LogP contribution in [0.3, 0.4) is 0 Å². The zero-order chi connectivity index (χ0) is 22.7. The summed E-state index contributed by atoms with van der Waals surface area (Å²) in [5.74, 6) is 1.73. The summed E-state index contributed by atoms with van der Waals surface area (Å²) in [7, 11) is 0. The summed E-state index contributed by atoms with van der Waals surface area (Å²) in [5.41, 5.74) is 3.70. The third kappa shape index (κ3) is 5.33. The Bertz CT molecular complexity index is 891. The van der Waals surface area contributed by atoms with Crippen LogP contribution in [0.1, 0.15) is 63.3 Å². The van der Waals surface area contributed by atoms with Gasteiger partial charge in [0, 0.05) is 25.2 Å². The predicted octanol–water partition coefficient (Wildman–Crippen LogP) is 4.98. The predicted molar refractivity (Wildman–Crippen MR) is 127 cm³/mol. The van der Waals surface area contributed by atoms with Crippen LogP contribution in [0.5, 0.6) is 11.5 Å². The van der Waals surface area contributed by atoms with Gasteiger partial charge in [-0.25, -0.2) is 0 Å². The number of carbonyl (C=O) groups excluding carboxylic acids is 1. The summed E-state index contributed by atoms with van der Waals surface area (Å²) in [6.07, 6.45) is 3.53. The number of hydrogen-bond acceptors (Lipinski definition) is 5. The lowest BCUT2D eigenvalue weighted by Gasteiger charge is -2.38. The number of piperidine rings is 1. The lowest BCUT2D eigenvalue weighted by Crippen LogP contribution is -2.44. The average Bonchev–Trinajstić information content (AvgIpc) is 3.12. The first kappa shape index (κ1) is 22.8. The lowest BCUT2D eigenvalue weighted by molar-refractivity contribution is -0.113. The van der Waals surface area contributed by atoms with E-state index in [4.69, 9.17) is 9.47 Å². The van der Waals surface area contributed by atoms with Gasteiger partial charge >= 0.3 is 0 Å². The minimum Gasteiger partial charge on any atom is -0.491 e. The molecule has 0 amide bonds. The molecule has 0 radical (unpaired) electrons. The summed E-state index contributed by atoms with van der Waals surface area (Å²) in [6.45, 7) is 12.0. The van der Waals surface area contributed by atoms with Crippen molar-refractivity contribution in [2.24, 2.45) is 0 Å². The first-order valence-corrected chi connectivity index (χ1v) is 11.9. The molecule has 0 aliphatic carbocycles. The number of ether oxygens (including phenoxy) is 2. The Kier molecular flexibility index (Phi) is 7.17. The van der Waals surface area contributed by atoms with Gasteiger partial charge in [-0.05, 0) is 82.4 Å². The van der Waals surface area contributed by atoms with E-state index in [0.29, 0.717) is 6.04 Å². The largest absolute Gasteiger partial charge is 0.491 e. The van der Waals surface area contributed by atoms with Gasteiger partial charge in [-0.1, -0.05) is 24.3 Å². The molecule has 2 aliphatic heterocycles. The van der Waals surface area contributed by atoms with Crippen molar-refractivity contribution in [3.63, 3.8) is 0 Å². The van der Waals surface area contributed by atoms with Crippen LogP contribution in [0.15, 0.2) is 42.5 Å². The van der Waals surface area contributed by atoms with Gasteiger partial charge in [0.15, 0.2) is 0 Å². The molecule has 1 fully saturated rings. The van der Waals surface area contributed by atoms with Crippen molar-refractivity contribution in [3.8, 4) is 11.5 Å². The third-order valence-electron chi connectivity index (χ3n) is 6.33. The Morgan fingerprint density at radius 3 is 2.19 bits per heavy atom. The maximum absolute atomic E-state index is 11.9. The first-order valence-electron chi connectivity index (χ1n) is 11.9. The molecule has 0 spiro atoms. The number of benzene rings is 2. The molecular weight excluding hydrogens is 400 g/mol. The number of likely N-dealkylation sites (tertiary alicyclic amines) is 1. The highest BCUT2D eigenvalue weighted by molar-refractivity contribution is 5.64. The van der Waals surface area contributed by atoms with E-state index in [-0.39, 0.29) is 18.2 Å². The number of hydrogen-bond donors (Lipinski definition) is 0. The summed E-state index contributed by atoms with van der Waals surface area (Å²) in [6, 6.07) is 15.0. The Labute approximate surface area is 192 Å². The molecule has 2 aliphatic rings. The monoisotopic (exact) mass is 436 g/mol. The second-order valence-electron chi connectivity index (χ2n) is 9.61. The molecule has 0 aromatic heterocycles. The van der Waals surface area contributed by atoms with Crippen LogP contribution >= 0.6 is 0 Å². The summed E-state index contributed by atoms with van der Waals surface area (Å²) >= 11 is 0. The molecule has 2 aromatic carbocycles. The molecule has 5 heteroatoms. The minimum atomic E-state index is -0.0941. The Balaban J connectivity index is 1.39. The highest BCUT2D eigenvalue weighted by Gasteiger charge is 2.35. The Morgan fingerprint density at radius 2 is 1.59 bits per heavy atom. The summed E-state index contributed by atoms with van der Waals surface area (Å²) < 4.78 is 11.9. The smallest absolute Gasteiger partial charge is 0.141 e. The third-order valence-corrected chi connectivity index (χ3v) is 6.33. The van der Waals surface area contributed by atoms with Gasteiger partial charge in [-0.2, -0.15) is 0 Å². The van der Waals surface area contributed by atoms with Crippen molar-refractivity contribution in [3.05, 3.63) is 59.2 Å². The van der Waals surface area contributed by atoms with Gasteiger partial charge in [0.05, 0.1) is 18.2 Å². The molecule has 4 rings (SSSR count). The molecule has 0 N–H and O–H groups in total. The Morgan fingerprint density at radius 1 is 0.969 bits per heavy atom. The van der Waals surface area contributed by atoms with Crippen molar-refractivity contribution in [1.29, 1.82) is 0 Å². The molecule has 32 heavy (non-hydrogen) atoms. The standard InChI is InChI=1S/C27H36N2O3/c1-19(2)31-24-13-21(14-25(15-24)32-20(3)4)16-28-11-9-23(10-12-28)29-17-22-7-5-6-8-26(22)27(29)18-30/h5-8,13-15,18-20,23,27H,9-12,16-17H2,1-4H3. The van der Waals surface area contributed by atoms with E-state index < -0.39 is 0 Å². The van der Waals surface area contributed by atoms with Gasteiger partial charge in [0.2, 0.25) is 0 Å². The maximum atomic E-state index is 11.9. The van der Waals surface area contributed by atoms with Crippen molar-refractivity contribution in [1.82, 2.24) is 9.80 Å². The summed E-state index contributed by atoms with van der Waals surface area (Å²) in [5, 5.41) is 0. The van der Waals surface area contributed by atoms with Gasteiger partial charge in [0.1, 0.15) is 17.8 Å². The number of rotatable bonds is 8. The quantitative estimate of drug-likeness (QED) is 0.546. The molecule has 0 bridgehead atoms. The zero-order valence-corrected chi connectivity index (χ0v) is 19.8. The fraction of sp³-hybridized carbons (Fsp3) is 0.519. The van der Waals surface area contributed by atoms with Crippen LogP contribution in [0.4, 0.5) is 0 Å². The fourth-order valence-electron chi connectivity index (χ4n) is 5.02. The zero-order valence-electron chi connectivity index (χ0n) is 19.8. The van der Waals surface area contributed by atoms with Crippen molar-refractivity contribution >= 4 is 6.29 Å². The second-order valence-corrected chi connectivity index (χ2v) is 9.61. The van der Waals surface area contributed by atoms with Gasteiger partial charge < -0.3 is 14.3 Å². The number of nitrogens with zero attached hydrogens (tertiary/aromatic N) is 2. The number of fused-ring (bicyclic) bond motifs is 1. The highest BCUT2D eigenvalue weighted by Crippen LogP contribution is 2.36. The molecule has 2 aromatic rings. The minimum absolute atomic E-state index is 0.0941. The fourth-order valence-corrected chi connectivity index (χ4v) is 5.02. The Hall–Kier alpha value is -2.37. The van der Waals surface area contributed by atoms with Crippen LogP contribution in [0.2, 0.25) is 0 Å². The topological polar surface area (TPSA) is 42.0 Å². The first-order chi connectivity index (χ1) is 15.4. The molecule has 0 saturated carbocycles. The van der Waals surface area contributed by atoms with Gasteiger partial charge in [0.25, 0.3) is 0 Å². The number of aldehydes is 1. The van der Waals surface area contributed by atoms with E-state index in [2.05, 4.69) is 40.1 Å². The van der Waals surface area contributed by atoms with Crippen LogP contribution in [0, 0.1) is 0 Å². The molecule has 5 nitrogen and oxygen atoms in total. The van der Waals surface area contributed by atoms with Gasteiger partial charge in [-0.3, -0.25) is 9.80 Å². The van der Waals surface area contributed by atoms with Crippen molar-refractivity contribution in [2.75, 3.05) is 13.1 Å². The SMILES string of the molecule is CC(C)Oc1cc(CN2CCC(N3Cc4ccccc4C3C=O)CC2)cc(OC(C)C)c1. The van der Waals surface area contributed by atoms with Crippen molar-refractivity contribution < 1.29 is 14.3 Å². The van der Waals surface area contributed by atoms with Crippen LogP contribution < -0.4 is 9.47 Å². The molecular formula is C27H36N2O3. The van der Waals surface area contributed by atoms with E-state index in [9.17, 15) is 4.79 Å². The molecule has 2 heterocycles. The summed E-state index contributed by atoms with van der Waals surface area (Å²) in [4.78, 5) is 16.8. The van der Waals surface area contributed by atoms with E-state index in [0.717, 1.165) is 56.8 Å². The normalized spacial score (nSPS) is 20.0. The van der Waals surface area contributed by atoms with Crippen LogP contribution in [-0.2, 0) is 17.9 Å². The van der Waals surface area contributed by atoms with E-state index in [1.807, 2.05) is 39.8 Å². The van der Waals surface area contributed by atoms with E-state index in [1.165, 1.54) is 16.7 Å². The lowest BCUT2D eigenvalue weighted by atomic mass is 10.0. The van der Waals surface area contributed by atoms with Crippen LogP contribution in [0.25, 0.3) is 0 Å². The van der Waals surface area contributed by atoms with E-state index in [1.54, 1.807) is 0 Å². The number of carbonyl (C=O) groups is 1. The highest BCUT2D eigenvalue weighted by atomic mass is 16.5. The maximum Gasteiger partial charge on any atom is 0.141 e. The van der Waals surface area contributed by atoms with Gasteiger partial charge in [-0.15, -0.1) is 0 Å². The average molecular weight is 437 g/mol. The molecule has 172 valence electrons. The molecule has 1 saturated heterocycles. The molecule has 1 atom stereocenters. The van der Waals surface area contributed by atoms with Crippen LogP contribution in [-0.4, -0.2) is 47.4 Å². The molecule has 1 unspecified atom stereocenters. The second kappa shape index (κ2) is 10.1. The van der Waals surface area contributed by atoms with E-state index >= 15 is 0 Å². The van der Waals surface area contributed by atoms with Crippen molar-refractivity contribution in [2.45, 2.75) is 77.9 Å².